The number of sulfonamides is 1. The molecule has 1 aliphatic heterocycles. The van der Waals surface area contributed by atoms with E-state index in [9.17, 15) is 8.42 Å². The van der Waals surface area contributed by atoms with E-state index in [1.807, 2.05) is 51.4 Å². The summed E-state index contributed by atoms with van der Waals surface area (Å²) in [5, 5.41) is 1.94. The van der Waals surface area contributed by atoms with Gasteiger partial charge >= 0.3 is 0 Å². The number of hydrogen-bond donors (Lipinski definition) is 1. The third-order valence-corrected chi connectivity index (χ3v) is 7.51. The number of nitrogen functional groups attached to an aromatic ring is 1. The minimum Gasteiger partial charge on any atom is -0.368 e. The number of anilines is 2. The molecule has 1 aliphatic rings. The quantitative estimate of drug-likeness (QED) is 0.638. The van der Waals surface area contributed by atoms with Crippen molar-refractivity contribution in [1.29, 1.82) is 0 Å². The van der Waals surface area contributed by atoms with Crippen LogP contribution in [0.15, 0.2) is 47.4 Å². The molecule has 0 radical (unpaired) electrons. The van der Waals surface area contributed by atoms with Crippen LogP contribution in [0, 0.1) is 0 Å². The molecule has 3 aromatic rings. The Morgan fingerprint density at radius 3 is 2.32 bits per heavy atom. The summed E-state index contributed by atoms with van der Waals surface area (Å²) in [5.74, 6) is 1.27. The Kier molecular flexibility index (Phi) is 5.78. The lowest BCUT2D eigenvalue weighted by Gasteiger charge is -2.36. The molecule has 0 saturated carbocycles. The van der Waals surface area contributed by atoms with Crippen LogP contribution in [0.1, 0.15) is 18.8 Å². The first-order chi connectivity index (χ1) is 14.8. The summed E-state index contributed by atoms with van der Waals surface area (Å²) in [5.41, 5.74) is 5.85. The fourth-order valence-electron chi connectivity index (χ4n) is 3.76. The highest BCUT2D eigenvalue weighted by Crippen LogP contribution is 2.25. The molecule has 4 rings (SSSR count). The molecule has 2 aromatic carbocycles. The molecular weight excluding hydrogens is 414 g/mol. The Balaban J connectivity index is 1.48. The molecule has 31 heavy (non-hydrogen) atoms. The summed E-state index contributed by atoms with van der Waals surface area (Å²) in [7, 11) is 0.141. The van der Waals surface area contributed by atoms with E-state index in [2.05, 4.69) is 19.9 Å². The summed E-state index contributed by atoms with van der Waals surface area (Å²) < 4.78 is 27.9. The zero-order valence-electron chi connectivity index (χ0n) is 17.9. The van der Waals surface area contributed by atoms with Crippen LogP contribution in [0.3, 0.4) is 0 Å². The first-order valence-corrected chi connectivity index (χ1v) is 11.6. The fraction of sp³-hybridized carbons (Fsp3) is 0.381. The highest BCUT2D eigenvalue weighted by Gasteiger charge is 2.31. The minimum absolute atomic E-state index is 0.102. The van der Waals surface area contributed by atoms with E-state index >= 15 is 0 Å². The molecule has 0 aliphatic carbocycles. The third-order valence-electron chi connectivity index (χ3n) is 5.61. The van der Waals surface area contributed by atoms with Gasteiger partial charge in [0.05, 0.1) is 10.9 Å². The summed E-state index contributed by atoms with van der Waals surface area (Å²) in [6.45, 7) is 3.97. The number of fused-ring (bicyclic) bond motifs is 1. The molecular formula is C21H27N7O2S. The number of nitrogens with two attached hydrogens (primary N) is 1. The Morgan fingerprint density at radius 2 is 1.65 bits per heavy atom. The van der Waals surface area contributed by atoms with Crippen LogP contribution in [0.5, 0.6) is 0 Å². The average molecular weight is 442 g/mol. The van der Waals surface area contributed by atoms with Crippen LogP contribution in [0.25, 0.3) is 10.8 Å². The molecule has 10 heteroatoms. The van der Waals surface area contributed by atoms with Gasteiger partial charge < -0.3 is 10.6 Å². The van der Waals surface area contributed by atoms with Gasteiger partial charge in [0.25, 0.3) is 0 Å². The molecule has 1 atom stereocenters. The van der Waals surface area contributed by atoms with Gasteiger partial charge in [0, 0.05) is 40.3 Å². The van der Waals surface area contributed by atoms with Crippen molar-refractivity contribution in [3.63, 3.8) is 0 Å². The summed E-state index contributed by atoms with van der Waals surface area (Å²) in [6, 6.07) is 12.9. The molecule has 0 bridgehead atoms. The van der Waals surface area contributed by atoms with Crippen LogP contribution >= 0.6 is 0 Å². The number of benzene rings is 2. The van der Waals surface area contributed by atoms with E-state index in [1.54, 1.807) is 21.3 Å². The SMILES string of the molecule is CC(c1nc(N)nc(N(C)C)n1)N1CCN(S(=O)(=O)c2ccc3ccccc3c2)CC1. The summed E-state index contributed by atoms with van der Waals surface area (Å²) >= 11 is 0. The van der Waals surface area contributed by atoms with Gasteiger partial charge in [-0.25, -0.2) is 8.42 Å². The van der Waals surface area contributed by atoms with Crippen LogP contribution in [0.4, 0.5) is 11.9 Å². The number of aromatic nitrogens is 3. The highest BCUT2D eigenvalue weighted by molar-refractivity contribution is 7.89. The molecule has 1 aromatic heterocycles. The molecule has 0 spiro atoms. The largest absolute Gasteiger partial charge is 0.368 e. The van der Waals surface area contributed by atoms with E-state index in [0.717, 1.165) is 10.8 Å². The smallest absolute Gasteiger partial charge is 0.243 e. The number of hydrogen-bond acceptors (Lipinski definition) is 8. The van der Waals surface area contributed by atoms with Gasteiger partial charge in [0.15, 0.2) is 5.82 Å². The van der Waals surface area contributed by atoms with Crippen molar-refractivity contribution in [2.75, 3.05) is 50.9 Å². The van der Waals surface area contributed by atoms with Crippen LogP contribution in [0.2, 0.25) is 0 Å². The first-order valence-electron chi connectivity index (χ1n) is 10.2. The highest BCUT2D eigenvalue weighted by atomic mass is 32.2. The second-order valence-electron chi connectivity index (χ2n) is 7.87. The van der Waals surface area contributed by atoms with Gasteiger partial charge in [-0.2, -0.15) is 19.3 Å². The minimum atomic E-state index is -3.55. The van der Waals surface area contributed by atoms with Crippen LogP contribution in [-0.4, -0.2) is 72.8 Å². The van der Waals surface area contributed by atoms with Gasteiger partial charge in [0.2, 0.25) is 21.9 Å². The van der Waals surface area contributed by atoms with Gasteiger partial charge in [-0.05, 0) is 29.8 Å². The van der Waals surface area contributed by atoms with Gasteiger partial charge in [-0.3, -0.25) is 4.90 Å². The topological polar surface area (TPSA) is 109 Å². The second-order valence-corrected chi connectivity index (χ2v) is 9.81. The molecule has 2 heterocycles. The van der Waals surface area contributed by atoms with Crippen molar-refractivity contribution in [2.45, 2.75) is 17.9 Å². The normalized spacial score (nSPS) is 17.0. The Bertz CT molecular complexity index is 1190. The monoisotopic (exact) mass is 441 g/mol. The predicted octanol–water partition coefficient (Wildman–Crippen LogP) is 1.74. The Morgan fingerprint density at radius 1 is 0.968 bits per heavy atom. The predicted molar refractivity (Wildman–Crippen MR) is 121 cm³/mol. The number of piperazine rings is 1. The lowest BCUT2D eigenvalue weighted by Crippen LogP contribution is -2.49. The second kappa shape index (κ2) is 8.37. The maximum atomic E-state index is 13.2. The molecule has 2 N–H and O–H groups in total. The van der Waals surface area contributed by atoms with Crippen molar-refractivity contribution in [1.82, 2.24) is 24.2 Å². The summed E-state index contributed by atoms with van der Waals surface area (Å²) in [6.07, 6.45) is 0. The van der Waals surface area contributed by atoms with Crippen molar-refractivity contribution in [3.05, 3.63) is 48.3 Å². The van der Waals surface area contributed by atoms with E-state index in [0.29, 0.717) is 42.8 Å². The Labute approximate surface area is 182 Å². The van der Waals surface area contributed by atoms with Crippen LogP contribution in [-0.2, 0) is 10.0 Å². The van der Waals surface area contributed by atoms with E-state index < -0.39 is 10.0 Å². The maximum absolute atomic E-state index is 13.2. The van der Waals surface area contributed by atoms with E-state index in [-0.39, 0.29) is 12.0 Å². The average Bonchev–Trinajstić information content (AvgIpc) is 2.77. The first kappa shape index (κ1) is 21.4. The molecule has 9 nitrogen and oxygen atoms in total. The Hall–Kier alpha value is -2.82. The van der Waals surface area contributed by atoms with Gasteiger partial charge in [-0.1, -0.05) is 30.3 Å². The molecule has 1 fully saturated rings. The molecule has 0 amide bonds. The van der Waals surface area contributed by atoms with Gasteiger partial charge in [0.1, 0.15) is 0 Å². The van der Waals surface area contributed by atoms with Gasteiger partial charge in [-0.15, -0.1) is 0 Å². The van der Waals surface area contributed by atoms with Crippen molar-refractivity contribution in [2.24, 2.45) is 0 Å². The molecule has 164 valence electrons. The van der Waals surface area contributed by atoms with Crippen molar-refractivity contribution < 1.29 is 8.42 Å². The van der Waals surface area contributed by atoms with E-state index in [1.165, 1.54) is 0 Å². The maximum Gasteiger partial charge on any atom is 0.243 e. The summed E-state index contributed by atoms with van der Waals surface area (Å²) in [4.78, 5) is 17.2. The standard InChI is InChI=1S/C21H27N7O2S/c1-15(19-23-20(22)25-21(24-19)26(2)3)27-10-12-28(13-11-27)31(29,30)18-9-8-16-6-4-5-7-17(16)14-18/h4-9,14-15H,10-13H2,1-3H3,(H2,22,23,24,25). The van der Waals surface area contributed by atoms with Crippen LogP contribution < -0.4 is 10.6 Å². The number of nitrogens with zero attached hydrogens (tertiary/aromatic N) is 6. The van der Waals surface area contributed by atoms with E-state index in [4.69, 9.17) is 5.73 Å². The lowest BCUT2D eigenvalue weighted by molar-refractivity contribution is 0.141. The third kappa shape index (κ3) is 4.32. The zero-order valence-corrected chi connectivity index (χ0v) is 18.7. The molecule has 1 saturated heterocycles. The number of rotatable bonds is 5. The van der Waals surface area contributed by atoms with Crippen molar-refractivity contribution >= 4 is 32.7 Å². The lowest BCUT2D eigenvalue weighted by atomic mass is 10.1. The molecule has 1 unspecified atom stereocenters. The fourth-order valence-corrected chi connectivity index (χ4v) is 5.21. The van der Waals surface area contributed by atoms with Crippen molar-refractivity contribution in [3.8, 4) is 0 Å². The zero-order chi connectivity index (χ0) is 22.2.